The Morgan fingerprint density at radius 2 is 1.80 bits per heavy atom. The maximum absolute atomic E-state index is 12.7. The summed E-state index contributed by atoms with van der Waals surface area (Å²) in [7, 11) is 0. The molecule has 2 rings (SSSR count). The molecule has 3 heteroatoms. The Morgan fingerprint density at radius 1 is 1.10 bits per heavy atom. The molecule has 0 unspecified atom stereocenters. The third-order valence-electron chi connectivity index (χ3n) is 3.18. The van der Waals surface area contributed by atoms with Crippen LogP contribution in [0.1, 0.15) is 34.0 Å². The van der Waals surface area contributed by atoms with Gasteiger partial charge in [-0.1, -0.05) is 23.7 Å². The first-order chi connectivity index (χ1) is 9.54. The summed E-state index contributed by atoms with van der Waals surface area (Å²) in [4.78, 5) is 12.7. The van der Waals surface area contributed by atoms with Crippen molar-refractivity contribution >= 4 is 17.4 Å². The molecule has 104 valence electrons. The van der Waals surface area contributed by atoms with Crippen molar-refractivity contribution in [1.82, 2.24) is 0 Å². The Labute approximate surface area is 124 Å². The number of carbonyl (C=O) groups is 1. The Kier molecular flexibility index (Phi) is 4.46. The molecule has 20 heavy (non-hydrogen) atoms. The molecular formula is C17H17ClO2. The van der Waals surface area contributed by atoms with Crippen LogP contribution in [0, 0.1) is 13.8 Å². The van der Waals surface area contributed by atoms with Crippen molar-refractivity contribution in [3.63, 3.8) is 0 Å². The first-order valence-electron chi connectivity index (χ1n) is 6.58. The van der Waals surface area contributed by atoms with Gasteiger partial charge in [0.15, 0.2) is 5.78 Å². The lowest BCUT2D eigenvalue weighted by atomic mass is 9.97. The topological polar surface area (TPSA) is 26.3 Å². The van der Waals surface area contributed by atoms with E-state index in [0.717, 1.165) is 11.1 Å². The van der Waals surface area contributed by atoms with Gasteiger partial charge in [0.05, 0.1) is 12.2 Å². The predicted octanol–water partition coefficient (Wildman–Crippen LogP) is 4.59. The van der Waals surface area contributed by atoms with E-state index in [0.29, 0.717) is 28.5 Å². The average Bonchev–Trinajstić information content (AvgIpc) is 2.43. The number of aryl methyl sites for hydroxylation is 2. The average molecular weight is 289 g/mol. The molecule has 2 aromatic rings. The zero-order valence-corrected chi connectivity index (χ0v) is 12.6. The molecule has 0 heterocycles. The molecule has 0 saturated heterocycles. The van der Waals surface area contributed by atoms with E-state index >= 15 is 0 Å². The van der Waals surface area contributed by atoms with Gasteiger partial charge in [0.2, 0.25) is 0 Å². The SMILES string of the molecule is CCOc1ccccc1C(=O)c1cc(C)c(Cl)cc1C. The lowest BCUT2D eigenvalue weighted by Crippen LogP contribution is -2.07. The number of hydrogen-bond donors (Lipinski definition) is 0. The van der Waals surface area contributed by atoms with E-state index in [1.165, 1.54) is 0 Å². The maximum atomic E-state index is 12.7. The van der Waals surface area contributed by atoms with E-state index in [2.05, 4.69) is 0 Å². The van der Waals surface area contributed by atoms with Gasteiger partial charge in [-0.3, -0.25) is 4.79 Å². The van der Waals surface area contributed by atoms with Crippen molar-refractivity contribution in [2.45, 2.75) is 20.8 Å². The molecule has 0 atom stereocenters. The largest absolute Gasteiger partial charge is 0.493 e. The van der Waals surface area contributed by atoms with Gasteiger partial charge in [0.25, 0.3) is 0 Å². The second-order valence-corrected chi connectivity index (χ2v) is 5.08. The highest BCUT2D eigenvalue weighted by molar-refractivity contribution is 6.31. The molecule has 0 aromatic heterocycles. The summed E-state index contributed by atoms with van der Waals surface area (Å²) in [5.41, 5.74) is 3.02. The summed E-state index contributed by atoms with van der Waals surface area (Å²) in [6.45, 7) is 6.22. The van der Waals surface area contributed by atoms with Crippen molar-refractivity contribution in [2.24, 2.45) is 0 Å². The van der Waals surface area contributed by atoms with E-state index in [-0.39, 0.29) is 5.78 Å². The summed E-state index contributed by atoms with van der Waals surface area (Å²) in [6, 6.07) is 11.0. The van der Waals surface area contributed by atoms with E-state index in [1.54, 1.807) is 6.07 Å². The maximum Gasteiger partial charge on any atom is 0.197 e. The van der Waals surface area contributed by atoms with Crippen molar-refractivity contribution in [3.8, 4) is 5.75 Å². The number of para-hydroxylation sites is 1. The number of benzene rings is 2. The molecule has 0 aliphatic carbocycles. The van der Waals surface area contributed by atoms with Crippen molar-refractivity contribution < 1.29 is 9.53 Å². The van der Waals surface area contributed by atoms with Crippen LogP contribution in [0.3, 0.4) is 0 Å². The number of ether oxygens (including phenoxy) is 1. The van der Waals surface area contributed by atoms with Crippen molar-refractivity contribution in [2.75, 3.05) is 6.61 Å². The highest BCUT2D eigenvalue weighted by Gasteiger charge is 2.17. The zero-order valence-electron chi connectivity index (χ0n) is 11.9. The van der Waals surface area contributed by atoms with E-state index in [9.17, 15) is 4.79 Å². The van der Waals surface area contributed by atoms with Crippen LogP contribution in [0.2, 0.25) is 5.02 Å². The minimum Gasteiger partial charge on any atom is -0.493 e. The minimum atomic E-state index is -0.0358. The highest BCUT2D eigenvalue weighted by Crippen LogP contribution is 2.26. The Balaban J connectivity index is 2.49. The van der Waals surface area contributed by atoms with Gasteiger partial charge >= 0.3 is 0 Å². The van der Waals surface area contributed by atoms with Crippen LogP contribution in [-0.4, -0.2) is 12.4 Å². The first kappa shape index (κ1) is 14.6. The van der Waals surface area contributed by atoms with Crippen molar-refractivity contribution in [3.05, 3.63) is 63.7 Å². The lowest BCUT2D eigenvalue weighted by Gasteiger charge is -2.12. The molecule has 2 nitrogen and oxygen atoms in total. The zero-order chi connectivity index (χ0) is 14.7. The summed E-state index contributed by atoms with van der Waals surface area (Å²) < 4.78 is 5.53. The second-order valence-electron chi connectivity index (χ2n) is 4.67. The highest BCUT2D eigenvalue weighted by atomic mass is 35.5. The first-order valence-corrected chi connectivity index (χ1v) is 6.95. The fourth-order valence-electron chi connectivity index (χ4n) is 2.11. The van der Waals surface area contributed by atoms with Crippen LogP contribution in [0.5, 0.6) is 5.75 Å². The summed E-state index contributed by atoms with van der Waals surface area (Å²) in [5.74, 6) is 0.582. The molecule has 0 aliphatic rings. The molecule has 0 aliphatic heterocycles. The summed E-state index contributed by atoms with van der Waals surface area (Å²) >= 11 is 6.08. The van der Waals surface area contributed by atoms with E-state index < -0.39 is 0 Å². The molecule has 0 fully saturated rings. The monoisotopic (exact) mass is 288 g/mol. The molecule has 0 spiro atoms. The van der Waals surface area contributed by atoms with Gasteiger partial charge in [-0.2, -0.15) is 0 Å². The van der Waals surface area contributed by atoms with Crippen LogP contribution in [-0.2, 0) is 0 Å². The molecule has 0 N–H and O–H groups in total. The van der Waals surface area contributed by atoms with Gasteiger partial charge in [0.1, 0.15) is 5.75 Å². The molecule has 0 amide bonds. The van der Waals surface area contributed by atoms with Crippen LogP contribution in [0.4, 0.5) is 0 Å². The fraction of sp³-hybridized carbons (Fsp3) is 0.235. The van der Waals surface area contributed by atoms with Gasteiger partial charge in [-0.15, -0.1) is 0 Å². The van der Waals surface area contributed by atoms with Gasteiger partial charge in [-0.05, 0) is 56.2 Å². The standard InChI is InChI=1S/C17H17ClO2/c1-4-20-16-8-6-5-7-13(16)17(19)14-9-12(3)15(18)10-11(14)2/h5-10H,4H2,1-3H3. The van der Waals surface area contributed by atoms with Crippen LogP contribution in [0.25, 0.3) is 0 Å². The minimum absolute atomic E-state index is 0.0358. The number of halogens is 1. The molecule has 0 saturated carbocycles. The van der Waals surface area contributed by atoms with Crippen LogP contribution < -0.4 is 4.74 Å². The Bertz CT molecular complexity index is 647. The van der Waals surface area contributed by atoms with Crippen LogP contribution in [0.15, 0.2) is 36.4 Å². The molecular weight excluding hydrogens is 272 g/mol. The molecule has 0 radical (unpaired) electrons. The van der Waals surface area contributed by atoms with Gasteiger partial charge < -0.3 is 4.74 Å². The number of carbonyl (C=O) groups excluding carboxylic acids is 1. The van der Waals surface area contributed by atoms with E-state index in [4.69, 9.17) is 16.3 Å². The summed E-state index contributed by atoms with van der Waals surface area (Å²) in [5, 5.41) is 0.678. The second kappa shape index (κ2) is 6.10. The number of ketones is 1. The quantitative estimate of drug-likeness (QED) is 0.769. The van der Waals surface area contributed by atoms with Crippen LogP contribution >= 0.6 is 11.6 Å². The predicted molar refractivity (Wildman–Crippen MR) is 82.0 cm³/mol. The molecule has 0 bridgehead atoms. The van der Waals surface area contributed by atoms with Gasteiger partial charge in [-0.25, -0.2) is 0 Å². The molecule has 2 aromatic carbocycles. The Hall–Kier alpha value is -1.80. The van der Waals surface area contributed by atoms with Gasteiger partial charge in [0, 0.05) is 10.6 Å². The third kappa shape index (κ3) is 2.86. The third-order valence-corrected chi connectivity index (χ3v) is 3.59. The van der Waals surface area contributed by atoms with E-state index in [1.807, 2.05) is 51.1 Å². The summed E-state index contributed by atoms with van der Waals surface area (Å²) in [6.07, 6.45) is 0. The number of hydrogen-bond acceptors (Lipinski definition) is 2. The Morgan fingerprint density at radius 3 is 2.50 bits per heavy atom. The fourth-order valence-corrected chi connectivity index (χ4v) is 2.32. The number of rotatable bonds is 4. The van der Waals surface area contributed by atoms with Crippen molar-refractivity contribution in [1.29, 1.82) is 0 Å². The normalized spacial score (nSPS) is 10.4. The smallest absolute Gasteiger partial charge is 0.197 e. The lowest BCUT2D eigenvalue weighted by molar-refractivity contribution is 0.103.